The number of anilines is 1. The minimum Gasteiger partial charge on any atom is -0.370 e. The van der Waals surface area contributed by atoms with Crippen LogP contribution in [0.2, 0.25) is 0 Å². The minimum atomic E-state index is 0.263. The fourth-order valence-corrected chi connectivity index (χ4v) is 2.10. The van der Waals surface area contributed by atoms with E-state index in [4.69, 9.17) is 5.26 Å². The number of aromatic nitrogens is 2. The van der Waals surface area contributed by atoms with Gasteiger partial charge in [-0.25, -0.2) is 9.97 Å². The molecule has 102 valence electrons. The van der Waals surface area contributed by atoms with Crippen LogP contribution >= 0.6 is 0 Å². The van der Waals surface area contributed by atoms with Gasteiger partial charge in [0.25, 0.3) is 0 Å². The van der Waals surface area contributed by atoms with E-state index in [1.807, 2.05) is 6.07 Å². The molecule has 0 radical (unpaired) electrons. The average Bonchev–Trinajstić information content (AvgIpc) is 2.37. The molecule has 0 atom stereocenters. The molecule has 2 heterocycles. The number of fused-ring (bicyclic) bond motifs is 1. The first kappa shape index (κ1) is 13.8. The Morgan fingerprint density at radius 3 is 2.84 bits per heavy atom. The van der Waals surface area contributed by atoms with Gasteiger partial charge in [-0.3, -0.25) is 0 Å². The van der Waals surface area contributed by atoms with Gasteiger partial charge in [0.2, 0.25) is 5.82 Å². The molecule has 0 bridgehead atoms. The molecule has 0 saturated heterocycles. The fraction of sp³-hybridized carbons (Fsp3) is 0.643. The predicted molar refractivity (Wildman–Crippen MR) is 74.7 cm³/mol. The number of hydrogen-bond donors (Lipinski definition) is 2. The molecule has 0 aliphatic carbocycles. The van der Waals surface area contributed by atoms with E-state index >= 15 is 0 Å². The van der Waals surface area contributed by atoms with Crippen LogP contribution in [-0.4, -0.2) is 23.1 Å². The predicted octanol–water partition coefficient (Wildman–Crippen LogP) is 1.84. The number of nitrogens with one attached hydrogen (secondary N) is 2. The van der Waals surface area contributed by atoms with Gasteiger partial charge in [-0.05, 0) is 11.8 Å². The lowest BCUT2D eigenvalue weighted by Crippen LogP contribution is -2.27. The molecule has 0 fully saturated rings. The molecule has 5 nitrogen and oxygen atoms in total. The smallest absolute Gasteiger partial charge is 0.234 e. The monoisotopic (exact) mass is 259 g/mol. The molecule has 19 heavy (non-hydrogen) atoms. The van der Waals surface area contributed by atoms with Crippen molar-refractivity contribution in [3.05, 3.63) is 17.1 Å². The van der Waals surface area contributed by atoms with Crippen molar-refractivity contribution in [3.63, 3.8) is 0 Å². The highest BCUT2D eigenvalue weighted by Crippen LogP contribution is 2.22. The normalized spacial score (nSPS) is 14.6. The van der Waals surface area contributed by atoms with Crippen LogP contribution in [0.4, 0.5) is 5.82 Å². The number of nitrogens with zero attached hydrogens (tertiary/aromatic N) is 3. The Bertz CT molecular complexity index is 496. The zero-order valence-corrected chi connectivity index (χ0v) is 11.9. The summed E-state index contributed by atoms with van der Waals surface area (Å²) in [4.78, 5) is 8.60. The molecular weight excluding hydrogens is 238 g/mol. The summed E-state index contributed by atoms with van der Waals surface area (Å²) >= 11 is 0. The molecule has 1 aliphatic heterocycles. The van der Waals surface area contributed by atoms with Crippen molar-refractivity contribution in [1.82, 2.24) is 15.3 Å². The van der Waals surface area contributed by atoms with E-state index in [1.54, 1.807) is 0 Å². The van der Waals surface area contributed by atoms with Crippen LogP contribution in [0.15, 0.2) is 0 Å². The maximum Gasteiger partial charge on any atom is 0.234 e. The van der Waals surface area contributed by atoms with Crippen LogP contribution in [0, 0.1) is 16.7 Å². The molecule has 5 heteroatoms. The van der Waals surface area contributed by atoms with Crippen LogP contribution in [0.5, 0.6) is 0 Å². The third-order valence-corrected chi connectivity index (χ3v) is 3.20. The summed E-state index contributed by atoms with van der Waals surface area (Å²) in [6.45, 7) is 9.19. The highest BCUT2D eigenvalue weighted by Gasteiger charge is 2.18. The van der Waals surface area contributed by atoms with Crippen molar-refractivity contribution in [2.45, 2.75) is 40.2 Å². The molecular formula is C14H21N5. The Morgan fingerprint density at radius 2 is 2.16 bits per heavy atom. The summed E-state index contributed by atoms with van der Waals surface area (Å²) in [5.41, 5.74) is 2.40. The van der Waals surface area contributed by atoms with E-state index in [0.717, 1.165) is 49.6 Å². The zero-order chi connectivity index (χ0) is 13.9. The fourth-order valence-electron chi connectivity index (χ4n) is 2.10. The van der Waals surface area contributed by atoms with Gasteiger partial charge in [0.15, 0.2) is 0 Å². The van der Waals surface area contributed by atoms with Crippen molar-refractivity contribution >= 4 is 5.82 Å². The maximum atomic E-state index is 9.00. The zero-order valence-electron chi connectivity index (χ0n) is 11.9. The lowest BCUT2D eigenvalue weighted by molar-refractivity contribution is 0.389. The average molecular weight is 259 g/mol. The van der Waals surface area contributed by atoms with Crippen molar-refractivity contribution < 1.29 is 0 Å². The highest BCUT2D eigenvalue weighted by molar-refractivity contribution is 5.48. The molecule has 1 aromatic heterocycles. The largest absolute Gasteiger partial charge is 0.370 e. The van der Waals surface area contributed by atoms with Crippen LogP contribution in [-0.2, 0) is 13.0 Å². The molecule has 2 N–H and O–H groups in total. The Morgan fingerprint density at radius 1 is 1.37 bits per heavy atom. The van der Waals surface area contributed by atoms with E-state index in [2.05, 4.69) is 41.4 Å². The third kappa shape index (κ3) is 3.65. The van der Waals surface area contributed by atoms with Gasteiger partial charge in [0, 0.05) is 31.6 Å². The SMILES string of the molecule is CC(C)(C)CCNc1nc(C#N)nc2c1CNCC2. The number of hydrogen-bond acceptors (Lipinski definition) is 5. The second-order valence-electron chi connectivity index (χ2n) is 6.10. The standard InChI is InChI=1S/C14H21N5/c1-14(2,3)5-7-17-13-10-9-16-6-4-11(10)18-12(8-15)19-13/h16H,4-7,9H2,1-3H3,(H,17,18,19). The van der Waals surface area contributed by atoms with Gasteiger partial charge in [-0.1, -0.05) is 20.8 Å². The van der Waals surface area contributed by atoms with E-state index in [1.165, 1.54) is 0 Å². The summed E-state index contributed by atoms with van der Waals surface area (Å²) in [5.74, 6) is 1.08. The molecule has 0 amide bonds. The van der Waals surface area contributed by atoms with Gasteiger partial charge >= 0.3 is 0 Å². The Balaban J connectivity index is 2.17. The van der Waals surface area contributed by atoms with Crippen LogP contribution < -0.4 is 10.6 Å². The first-order valence-electron chi connectivity index (χ1n) is 6.74. The number of rotatable bonds is 3. The van der Waals surface area contributed by atoms with Gasteiger partial charge in [-0.15, -0.1) is 0 Å². The third-order valence-electron chi connectivity index (χ3n) is 3.20. The summed E-state index contributed by atoms with van der Waals surface area (Å²) in [6, 6.07) is 2.04. The van der Waals surface area contributed by atoms with Crippen LogP contribution in [0.25, 0.3) is 0 Å². The minimum absolute atomic E-state index is 0.263. The van der Waals surface area contributed by atoms with Crippen LogP contribution in [0.1, 0.15) is 44.3 Å². The lowest BCUT2D eigenvalue weighted by Gasteiger charge is -2.22. The van der Waals surface area contributed by atoms with E-state index < -0.39 is 0 Å². The van der Waals surface area contributed by atoms with Gasteiger partial charge in [-0.2, -0.15) is 5.26 Å². The Hall–Kier alpha value is -1.67. The summed E-state index contributed by atoms with van der Waals surface area (Å²) < 4.78 is 0. The van der Waals surface area contributed by atoms with E-state index in [9.17, 15) is 0 Å². The van der Waals surface area contributed by atoms with Gasteiger partial charge in [0.1, 0.15) is 11.9 Å². The topological polar surface area (TPSA) is 73.6 Å². The number of nitriles is 1. The van der Waals surface area contributed by atoms with E-state index in [0.29, 0.717) is 0 Å². The second-order valence-corrected chi connectivity index (χ2v) is 6.10. The summed E-state index contributed by atoms with van der Waals surface area (Å²) in [7, 11) is 0. The molecule has 1 aliphatic rings. The van der Waals surface area contributed by atoms with E-state index in [-0.39, 0.29) is 11.2 Å². The molecule has 1 aromatic rings. The van der Waals surface area contributed by atoms with Crippen LogP contribution in [0.3, 0.4) is 0 Å². The quantitative estimate of drug-likeness (QED) is 0.866. The molecule has 0 saturated carbocycles. The van der Waals surface area contributed by atoms with Gasteiger partial charge in [0.05, 0.1) is 5.69 Å². The summed E-state index contributed by atoms with van der Waals surface area (Å²) in [5, 5.41) is 15.7. The van der Waals surface area contributed by atoms with Crippen molar-refractivity contribution in [1.29, 1.82) is 5.26 Å². The van der Waals surface area contributed by atoms with Crippen molar-refractivity contribution in [3.8, 4) is 6.07 Å². The second kappa shape index (κ2) is 5.54. The molecule has 2 rings (SSSR count). The van der Waals surface area contributed by atoms with Crippen molar-refractivity contribution in [2.24, 2.45) is 5.41 Å². The molecule has 0 spiro atoms. The van der Waals surface area contributed by atoms with Gasteiger partial charge < -0.3 is 10.6 Å². The maximum absolute atomic E-state index is 9.00. The Kier molecular flexibility index (Phi) is 4.01. The first-order chi connectivity index (χ1) is 8.99. The van der Waals surface area contributed by atoms with Crippen molar-refractivity contribution in [2.75, 3.05) is 18.4 Å². The first-order valence-corrected chi connectivity index (χ1v) is 6.74. The Labute approximate surface area is 114 Å². The summed E-state index contributed by atoms with van der Waals surface area (Å²) in [6.07, 6.45) is 1.92. The highest BCUT2D eigenvalue weighted by atomic mass is 15.1. The molecule has 0 aromatic carbocycles. The molecule has 0 unspecified atom stereocenters. The lowest BCUT2D eigenvalue weighted by atomic mass is 9.92.